The average molecular weight is 481 g/mol. The zero-order valence-corrected chi connectivity index (χ0v) is 19.5. The van der Waals surface area contributed by atoms with Crippen molar-refractivity contribution in [3.05, 3.63) is 72.1 Å². The summed E-state index contributed by atoms with van der Waals surface area (Å²) in [5.74, 6) is 0.993. The number of hydrogen-bond acceptors (Lipinski definition) is 7. The zero-order chi connectivity index (χ0) is 24.0. The first-order valence-corrected chi connectivity index (χ1v) is 12.7. The number of aliphatic hydroxyl groups excluding tert-OH is 1. The summed E-state index contributed by atoms with van der Waals surface area (Å²) in [6.07, 6.45) is 9.34. The van der Waals surface area contributed by atoms with Crippen LogP contribution in [0.1, 0.15) is 30.4 Å². The topological polar surface area (TPSA) is 116 Å². The fourth-order valence-electron chi connectivity index (χ4n) is 3.92. The Bertz CT molecular complexity index is 1220. The molecule has 1 aliphatic rings. The number of hydrogen-bond donors (Lipinski definition) is 3. The molecule has 1 aromatic heterocycles. The number of aromatic hydroxyl groups is 1. The van der Waals surface area contributed by atoms with Gasteiger partial charge < -0.3 is 15.5 Å². The van der Waals surface area contributed by atoms with Crippen LogP contribution < -0.4 is 5.32 Å². The minimum atomic E-state index is -3.54. The number of benzene rings is 2. The van der Waals surface area contributed by atoms with E-state index in [4.69, 9.17) is 5.11 Å². The van der Waals surface area contributed by atoms with Crippen molar-refractivity contribution < 1.29 is 18.6 Å². The summed E-state index contributed by atoms with van der Waals surface area (Å²) in [6.45, 7) is 1.11. The molecule has 0 atom stereocenters. The van der Waals surface area contributed by atoms with Crippen LogP contribution in [0.4, 0.5) is 11.6 Å². The summed E-state index contributed by atoms with van der Waals surface area (Å²) in [6, 6.07) is 13.5. The molecule has 34 heavy (non-hydrogen) atoms. The molecule has 3 N–H and O–H groups in total. The van der Waals surface area contributed by atoms with Gasteiger partial charge in [-0.15, -0.1) is 0 Å². The molecule has 9 heteroatoms. The van der Waals surface area contributed by atoms with E-state index in [0.29, 0.717) is 30.6 Å². The first kappa shape index (κ1) is 23.9. The standard InChI is InChI=1S/C25H28N4O4S/c30-15-12-19-10-13-29(14-11-19)34(32,33)24-8-6-22(7-9-24)28-25-26-17-21(18-27-25)5-4-20-2-1-3-23(31)16-20/h1-9,16-19,30-31H,10-15H2,(H,26,27,28). The molecule has 0 amide bonds. The van der Waals surface area contributed by atoms with Gasteiger partial charge in [0.2, 0.25) is 16.0 Å². The maximum Gasteiger partial charge on any atom is 0.243 e. The smallest absolute Gasteiger partial charge is 0.243 e. The Morgan fingerprint density at radius 2 is 1.68 bits per heavy atom. The molecule has 1 saturated heterocycles. The van der Waals surface area contributed by atoms with E-state index in [2.05, 4.69) is 15.3 Å². The quantitative estimate of drug-likeness (QED) is 0.448. The Morgan fingerprint density at radius 1 is 1.00 bits per heavy atom. The minimum absolute atomic E-state index is 0.147. The number of aliphatic hydroxyl groups is 1. The van der Waals surface area contributed by atoms with Gasteiger partial charge in [-0.2, -0.15) is 4.31 Å². The molecule has 0 unspecified atom stereocenters. The third-order valence-electron chi connectivity index (χ3n) is 5.87. The number of phenolic OH excluding ortho intramolecular Hbond substituents is 1. The van der Waals surface area contributed by atoms with E-state index in [0.717, 1.165) is 30.4 Å². The van der Waals surface area contributed by atoms with Gasteiger partial charge in [0.05, 0.1) is 4.90 Å². The lowest BCUT2D eigenvalue weighted by Gasteiger charge is -2.31. The van der Waals surface area contributed by atoms with Crippen LogP contribution in [-0.4, -0.2) is 52.6 Å². The molecule has 178 valence electrons. The molecule has 2 heterocycles. The molecule has 1 aliphatic heterocycles. The Kier molecular flexibility index (Phi) is 7.56. The summed E-state index contributed by atoms with van der Waals surface area (Å²) in [7, 11) is -3.54. The third kappa shape index (κ3) is 5.99. The predicted octanol–water partition coefficient (Wildman–Crippen LogP) is 3.88. The second kappa shape index (κ2) is 10.8. The zero-order valence-electron chi connectivity index (χ0n) is 18.7. The lowest BCUT2D eigenvalue weighted by molar-refractivity contribution is 0.208. The Hall–Kier alpha value is -3.27. The van der Waals surface area contributed by atoms with Crippen LogP contribution in [0.5, 0.6) is 5.75 Å². The number of rotatable bonds is 8. The Labute approximate surface area is 199 Å². The van der Waals surface area contributed by atoms with Gasteiger partial charge in [0.15, 0.2) is 0 Å². The second-order valence-electron chi connectivity index (χ2n) is 8.28. The summed E-state index contributed by atoms with van der Waals surface area (Å²) in [5.41, 5.74) is 2.36. The van der Waals surface area contributed by atoms with E-state index in [1.165, 1.54) is 4.31 Å². The van der Waals surface area contributed by atoms with E-state index in [1.54, 1.807) is 54.9 Å². The highest BCUT2D eigenvalue weighted by molar-refractivity contribution is 7.89. The molecular weight excluding hydrogens is 452 g/mol. The first-order valence-electron chi connectivity index (χ1n) is 11.2. The second-order valence-corrected chi connectivity index (χ2v) is 10.2. The van der Waals surface area contributed by atoms with E-state index in [-0.39, 0.29) is 17.3 Å². The number of aromatic nitrogens is 2. The van der Waals surface area contributed by atoms with Crippen molar-refractivity contribution in [1.82, 2.24) is 14.3 Å². The number of nitrogens with zero attached hydrogens (tertiary/aromatic N) is 3. The van der Waals surface area contributed by atoms with Crippen molar-refractivity contribution in [2.45, 2.75) is 24.2 Å². The van der Waals surface area contributed by atoms with Gasteiger partial charge in [-0.1, -0.05) is 24.3 Å². The van der Waals surface area contributed by atoms with Crippen LogP contribution in [0.3, 0.4) is 0 Å². The van der Waals surface area contributed by atoms with Gasteiger partial charge in [0, 0.05) is 43.3 Å². The van der Waals surface area contributed by atoms with Crippen LogP contribution in [0, 0.1) is 5.92 Å². The largest absolute Gasteiger partial charge is 0.508 e. The van der Waals surface area contributed by atoms with Crippen LogP contribution in [0.25, 0.3) is 12.2 Å². The highest BCUT2D eigenvalue weighted by Crippen LogP contribution is 2.26. The van der Waals surface area contributed by atoms with Gasteiger partial charge in [-0.25, -0.2) is 18.4 Å². The monoisotopic (exact) mass is 480 g/mol. The number of phenols is 1. The third-order valence-corrected chi connectivity index (χ3v) is 7.78. The normalized spacial score (nSPS) is 15.6. The molecule has 3 aromatic rings. The van der Waals surface area contributed by atoms with Crippen LogP contribution in [0.15, 0.2) is 65.8 Å². The van der Waals surface area contributed by atoms with Crippen molar-refractivity contribution in [3.63, 3.8) is 0 Å². The van der Waals surface area contributed by atoms with Crippen LogP contribution in [0.2, 0.25) is 0 Å². The molecule has 8 nitrogen and oxygen atoms in total. The molecule has 0 saturated carbocycles. The highest BCUT2D eigenvalue weighted by atomic mass is 32.2. The average Bonchev–Trinajstić information content (AvgIpc) is 2.85. The minimum Gasteiger partial charge on any atom is -0.508 e. The lowest BCUT2D eigenvalue weighted by atomic mass is 9.95. The van der Waals surface area contributed by atoms with Crippen molar-refractivity contribution in [1.29, 1.82) is 0 Å². The van der Waals surface area contributed by atoms with Crippen molar-refractivity contribution in [2.24, 2.45) is 5.92 Å². The van der Waals surface area contributed by atoms with Crippen LogP contribution >= 0.6 is 0 Å². The van der Waals surface area contributed by atoms with Gasteiger partial charge >= 0.3 is 0 Å². The van der Waals surface area contributed by atoms with Gasteiger partial charge in [-0.3, -0.25) is 0 Å². The van der Waals surface area contributed by atoms with Gasteiger partial charge in [-0.05, 0) is 67.1 Å². The fraction of sp³-hybridized carbons (Fsp3) is 0.280. The Balaban J connectivity index is 1.36. The van der Waals surface area contributed by atoms with Gasteiger partial charge in [0.1, 0.15) is 5.75 Å². The highest BCUT2D eigenvalue weighted by Gasteiger charge is 2.29. The molecule has 2 aromatic carbocycles. The number of piperidine rings is 1. The predicted molar refractivity (Wildman–Crippen MR) is 132 cm³/mol. The number of anilines is 2. The number of nitrogens with one attached hydrogen (secondary N) is 1. The van der Waals surface area contributed by atoms with Crippen molar-refractivity contribution in [3.8, 4) is 5.75 Å². The van der Waals surface area contributed by atoms with Crippen molar-refractivity contribution >= 4 is 33.8 Å². The van der Waals surface area contributed by atoms with E-state index >= 15 is 0 Å². The van der Waals surface area contributed by atoms with E-state index in [9.17, 15) is 13.5 Å². The number of sulfonamides is 1. The lowest BCUT2D eigenvalue weighted by Crippen LogP contribution is -2.38. The maximum atomic E-state index is 13.0. The fourth-order valence-corrected chi connectivity index (χ4v) is 5.39. The summed E-state index contributed by atoms with van der Waals surface area (Å²) in [5, 5.41) is 21.7. The van der Waals surface area contributed by atoms with Crippen LogP contribution in [-0.2, 0) is 10.0 Å². The molecule has 0 aliphatic carbocycles. The summed E-state index contributed by atoms with van der Waals surface area (Å²) >= 11 is 0. The molecule has 1 fully saturated rings. The molecular formula is C25H28N4O4S. The van der Waals surface area contributed by atoms with E-state index in [1.807, 2.05) is 18.2 Å². The first-order chi connectivity index (χ1) is 16.4. The molecule has 0 radical (unpaired) electrons. The SMILES string of the molecule is O=S(=O)(c1ccc(Nc2ncc(C=Cc3cccc(O)c3)cn2)cc1)N1CCC(CCO)CC1. The summed E-state index contributed by atoms with van der Waals surface area (Å²) < 4.78 is 27.4. The Morgan fingerprint density at radius 3 is 2.32 bits per heavy atom. The molecule has 0 spiro atoms. The van der Waals surface area contributed by atoms with Crippen molar-refractivity contribution in [2.75, 3.05) is 25.0 Å². The molecule has 4 rings (SSSR count). The maximum absolute atomic E-state index is 13.0. The summed E-state index contributed by atoms with van der Waals surface area (Å²) in [4.78, 5) is 8.86. The van der Waals surface area contributed by atoms with Gasteiger partial charge in [0.25, 0.3) is 0 Å². The van der Waals surface area contributed by atoms with E-state index < -0.39 is 10.0 Å². The molecule has 0 bridgehead atoms.